The molecule has 1 fully saturated rings. The molecule has 0 spiro atoms. The number of aryl methyl sites for hydroxylation is 1. The first-order valence-corrected chi connectivity index (χ1v) is 10.5. The lowest BCUT2D eigenvalue weighted by Crippen LogP contribution is -2.39. The number of likely N-dealkylation sites (tertiary alicyclic amines) is 1. The van der Waals surface area contributed by atoms with E-state index >= 15 is 0 Å². The summed E-state index contributed by atoms with van der Waals surface area (Å²) in [7, 11) is -2.32. The van der Waals surface area contributed by atoms with Gasteiger partial charge in [-0.1, -0.05) is 6.07 Å². The second-order valence-electron chi connectivity index (χ2n) is 6.88. The highest BCUT2D eigenvalue weighted by Crippen LogP contribution is 2.18. The lowest BCUT2D eigenvalue weighted by Gasteiger charge is -2.18. The van der Waals surface area contributed by atoms with Gasteiger partial charge in [0, 0.05) is 31.8 Å². The zero-order chi connectivity index (χ0) is 21.2. The number of nitrogens with zero attached hydrogens (tertiary/aromatic N) is 2. The number of hydrogen-bond acceptors (Lipinski definition) is 5. The molecule has 29 heavy (non-hydrogen) atoms. The molecule has 8 nitrogen and oxygen atoms in total. The molecule has 2 aromatic rings. The van der Waals surface area contributed by atoms with Crippen molar-refractivity contribution < 1.29 is 22.3 Å². The predicted octanol–water partition coefficient (Wildman–Crippen LogP) is 0.791. The molecule has 1 N–H and O–H groups in total. The number of rotatable bonds is 6. The third-order valence-corrected chi connectivity index (χ3v) is 6.20. The monoisotopic (exact) mass is 423 g/mol. The largest absolute Gasteiger partial charge is 0.488 e. The Bertz CT molecular complexity index is 1080. The lowest BCUT2D eigenvalue weighted by atomic mass is 10.3. The molecule has 2 heterocycles. The van der Waals surface area contributed by atoms with Gasteiger partial charge in [-0.2, -0.15) is 0 Å². The summed E-state index contributed by atoms with van der Waals surface area (Å²) < 4.78 is 47.1. The fourth-order valence-electron chi connectivity index (χ4n) is 3.03. The van der Waals surface area contributed by atoms with Crippen LogP contribution in [-0.4, -0.2) is 49.5 Å². The number of benzene rings is 1. The highest BCUT2D eigenvalue weighted by Gasteiger charge is 2.28. The molecule has 1 atom stereocenters. The average Bonchev–Trinajstić information content (AvgIpc) is 3.13. The maximum atomic E-state index is 13.2. The quantitative estimate of drug-likeness (QED) is 0.741. The second kappa shape index (κ2) is 8.34. The van der Waals surface area contributed by atoms with Gasteiger partial charge in [0.25, 0.3) is 5.56 Å². The fourth-order valence-corrected chi connectivity index (χ4v) is 4.04. The van der Waals surface area contributed by atoms with Gasteiger partial charge in [-0.25, -0.2) is 17.5 Å². The van der Waals surface area contributed by atoms with Gasteiger partial charge in [0.05, 0.1) is 18.0 Å². The first-order chi connectivity index (χ1) is 13.7. The summed E-state index contributed by atoms with van der Waals surface area (Å²) in [5, 5.41) is 0. The minimum atomic E-state index is -3.99. The minimum absolute atomic E-state index is 0.183. The van der Waals surface area contributed by atoms with Crippen molar-refractivity contribution >= 4 is 15.9 Å². The van der Waals surface area contributed by atoms with Crippen molar-refractivity contribution in [3.63, 3.8) is 0 Å². The number of hydrogen-bond donors (Lipinski definition) is 1. The topological polar surface area (TPSA) is 97.7 Å². The lowest BCUT2D eigenvalue weighted by molar-refractivity contribution is -0.129. The molecule has 156 valence electrons. The maximum Gasteiger partial charge on any atom is 0.254 e. The third-order valence-electron chi connectivity index (χ3n) is 4.80. The number of amides is 1. The molecule has 1 saturated heterocycles. The Hall–Kier alpha value is -2.72. The van der Waals surface area contributed by atoms with E-state index in [1.807, 2.05) is 0 Å². The fraction of sp³-hybridized carbons (Fsp3) is 0.368. The van der Waals surface area contributed by atoms with E-state index in [1.54, 1.807) is 20.0 Å². The van der Waals surface area contributed by atoms with Crippen molar-refractivity contribution in [1.29, 1.82) is 0 Å². The first kappa shape index (κ1) is 21.0. The van der Waals surface area contributed by atoms with Gasteiger partial charge in [-0.15, -0.1) is 0 Å². The Morgan fingerprint density at radius 1 is 1.31 bits per heavy atom. The van der Waals surface area contributed by atoms with Crippen LogP contribution in [0, 0.1) is 12.7 Å². The first-order valence-electron chi connectivity index (χ1n) is 9.03. The van der Waals surface area contributed by atoms with Crippen molar-refractivity contribution in [3.8, 4) is 5.75 Å². The number of ether oxygens (including phenoxy) is 1. The maximum absolute atomic E-state index is 13.2. The molecule has 0 saturated carbocycles. The van der Waals surface area contributed by atoms with Gasteiger partial charge in [-0.3, -0.25) is 9.59 Å². The van der Waals surface area contributed by atoms with Crippen LogP contribution in [0.5, 0.6) is 5.75 Å². The van der Waals surface area contributed by atoms with Gasteiger partial charge in [0.2, 0.25) is 15.9 Å². The predicted molar refractivity (Wildman–Crippen MR) is 104 cm³/mol. The zero-order valence-electron chi connectivity index (χ0n) is 16.1. The van der Waals surface area contributed by atoms with Crippen molar-refractivity contribution in [2.45, 2.75) is 24.3 Å². The summed E-state index contributed by atoms with van der Waals surface area (Å²) >= 11 is 0. The Kier molecular flexibility index (Phi) is 6.04. The summed E-state index contributed by atoms with van der Waals surface area (Å²) in [4.78, 5) is 25.5. The molecule has 0 radical (unpaired) electrons. The molecule has 1 amide bonds. The van der Waals surface area contributed by atoms with Crippen molar-refractivity contribution in [2.24, 2.45) is 7.05 Å². The highest BCUT2D eigenvalue weighted by atomic mass is 32.2. The van der Waals surface area contributed by atoms with E-state index in [-0.39, 0.29) is 23.1 Å². The number of aromatic nitrogens is 1. The van der Waals surface area contributed by atoms with Gasteiger partial charge in [0.15, 0.2) is 0 Å². The van der Waals surface area contributed by atoms with E-state index in [9.17, 15) is 22.4 Å². The molecule has 10 heteroatoms. The highest BCUT2D eigenvalue weighted by molar-refractivity contribution is 7.89. The summed E-state index contributed by atoms with van der Waals surface area (Å²) in [6.45, 7) is 2.06. The molecule has 1 aliphatic heterocycles. The van der Waals surface area contributed by atoms with Crippen LogP contribution in [0.1, 0.15) is 12.1 Å². The Balaban J connectivity index is 1.56. The van der Waals surface area contributed by atoms with Crippen LogP contribution in [0.15, 0.2) is 46.1 Å². The second-order valence-corrected chi connectivity index (χ2v) is 8.65. The van der Waals surface area contributed by atoms with Crippen LogP contribution < -0.4 is 15.0 Å². The van der Waals surface area contributed by atoms with Crippen LogP contribution >= 0.6 is 0 Å². The average molecular weight is 423 g/mol. The summed E-state index contributed by atoms with van der Waals surface area (Å²) in [6.07, 6.45) is 0.279. The van der Waals surface area contributed by atoms with Crippen LogP contribution in [0.3, 0.4) is 0 Å². The van der Waals surface area contributed by atoms with Gasteiger partial charge >= 0.3 is 0 Å². The van der Waals surface area contributed by atoms with Crippen LogP contribution in [0.4, 0.5) is 4.39 Å². The number of nitrogens with one attached hydrogen (secondary N) is 1. The smallest absolute Gasteiger partial charge is 0.254 e. The third kappa shape index (κ3) is 5.01. The molecular weight excluding hydrogens is 401 g/mol. The summed E-state index contributed by atoms with van der Waals surface area (Å²) in [5.74, 6) is -0.641. The SMILES string of the molecule is Cc1cc(OC2CCN(C(=O)CNS(=O)(=O)c3cccc(F)c3)C2)cc(=O)n1C. The minimum Gasteiger partial charge on any atom is -0.488 e. The summed E-state index contributed by atoms with van der Waals surface area (Å²) in [5.41, 5.74) is 0.572. The van der Waals surface area contributed by atoms with Crippen molar-refractivity contribution in [1.82, 2.24) is 14.2 Å². The van der Waals surface area contributed by atoms with Crippen molar-refractivity contribution in [3.05, 3.63) is 58.3 Å². The number of carbonyl (C=O) groups excluding carboxylic acids is 1. The molecule has 0 aliphatic carbocycles. The van der Waals surface area contributed by atoms with E-state index in [4.69, 9.17) is 4.74 Å². The van der Waals surface area contributed by atoms with Crippen molar-refractivity contribution in [2.75, 3.05) is 19.6 Å². The number of halogens is 1. The molecule has 3 rings (SSSR count). The molecule has 1 aromatic carbocycles. The molecule has 1 aromatic heterocycles. The van der Waals surface area contributed by atoms with Crippen LogP contribution in [0.25, 0.3) is 0 Å². The van der Waals surface area contributed by atoms with E-state index in [1.165, 1.54) is 27.7 Å². The molecule has 1 unspecified atom stereocenters. The van der Waals surface area contributed by atoms with Crippen LogP contribution in [0.2, 0.25) is 0 Å². The summed E-state index contributed by atoms with van der Waals surface area (Å²) in [6, 6.07) is 7.70. The molecule has 1 aliphatic rings. The number of sulfonamides is 1. The Morgan fingerprint density at radius 2 is 2.07 bits per heavy atom. The van der Waals surface area contributed by atoms with E-state index in [0.717, 1.165) is 17.8 Å². The standard InChI is InChI=1S/C19H22FN3O5S/c1-13-8-16(10-18(24)22(13)2)28-15-6-7-23(12-15)19(25)11-21-29(26,27)17-5-3-4-14(20)9-17/h3-5,8-10,15,21H,6-7,11-12H2,1-2H3. The zero-order valence-corrected chi connectivity index (χ0v) is 16.9. The van der Waals surface area contributed by atoms with E-state index in [2.05, 4.69) is 4.72 Å². The Labute approximate surface area is 168 Å². The van der Waals surface area contributed by atoms with E-state index < -0.39 is 28.3 Å². The normalized spacial score (nSPS) is 16.8. The van der Waals surface area contributed by atoms with E-state index in [0.29, 0.717) is 18.7 Å². The van der Waals surface area contributed by atoms with Gasteiger partial charge in [-0.05, 0) is 31.2 Å². The number of carbonyl (C=O) groups is 1. The van der Waals surface area contributed by atoms with Gasteiger partial charge < -0.3 is 14.2 Å². The number of pyridine rings is 1. The van der Waals surface area contributed by atoms with Crippen LogP contribution in [-0.2, 0) is 21.9 Å². The molecule has 0 bridgehead atoms. The Morgan fingerprint density at radius 3 is 2.76 bits per heavy atom. The molecular formula is C19H22FN3O5S. The van der Waals surface area contributed by atoms with Gasteiger partial charge in [0.1, 0.15) is 17.7 Å².